The summed E-state index contributed by atoms with van der Waals surface area (Å²) in [7, 11) is 1.87. The molecule has 76 valence electrons. The van der Waals surface area contributed by atoms with Crippen molar-refractivity contribution in [2.45, 2.75) is 26.2 Å². The molecule has 0 amide bonds. The van der Waals surface area contributed by atoms with Crippen LogP contribution in [0.3, 0.4) is 0 Å². The third-order valence-electron chi connectivity index (χ3n) is 1.84. The van der Waals surface area contributed by atoms with Gasteiger partial charge in [0.05, 0.1) is 11.3 Å². The Morgan fingerprint density at radius 3 is 2.64 bits per heavy atom. The molecule has 0 unspecified atom stereocenters. The van der Waals surface area contributed by atoms with Gasteiger partial charge in [-0.15, -0.1) is 0 Å². The van der Waals surface area contributed by atoms with E-state index in [2.05, 4.69) is 37.7 Å². The lowest BCUT2D eigenvalue weighted by molar-refractivity contribution is 0.350. The van der Waals surface area contributed by atoms with E-state index in [1.165, 1.54) is 0 Å². The van der Waals surface area contributed by atoms with Crippen molar-refractivity contribution < 1.29 is 5.11 Å². The van der Waals surface area contributed by atoms with Crippen molar-refractivity contribution in [2.24, 2.45) is 7.05 Å². The molecule has 1 heterocycles. The summed E-state index contributed by atoms with van der Waals surface area (Å²) >= 11 is 0. The first-order valence-corrected chi connectivity index (χ1v) is 4.59. The molecule has 0 aliphatic rings. The molecule has 1 aromatic heterocycles. The summed E-state index contributed by atoms with van der Waals surface area (Å²) < 4.78 is 1.75. The highest BCUT2D eigenvalue weighted by Gasteiger charge is 2.20. The van der Waals surface area contributed by atoms with Crippen LogP contribution in [0.15, 0.2) is 6.20 Å². The molecule has 3 nitrogen and oxygen atoms in total. The van der Waals surface area contributed by atoms with Gasteiger partial charge in [-0.05, 0) is 0 Å². The number of hydrogen-bond acceptors (Lipinski definition) is 2. The molecule has 1 N–H and O–H groups in total. The smallest absolute Gasteiger partial charge is 0.104 e. The molecular weight excluding hydrogens is 176 g/mol. The molecule has 0 radical (unpaired) electrons. The lowest BCUT2D eigenvalue weighted by Crippen LogP contribution is -2.14. The Kier molecular flexibility index (Phi) is 2.97. The topological polar surface area (TPSA) is 38.0 Å². The van der Waals surface area contributed by atoms with Crippen molar-refractivity contribution >= 4 is 0 Å². The normalized spacial score (nSPS) is 10.9. The van der Waals surface area contributed by atoms with Gasteiger partial charge in [0.25, 0.3) is 0 Å². The molecule has 0 aliphatic carbocycles. The van der Waals surface area contributed by atoms with Gasteiger partial charge in [0.1, 0.15) is 6.61 Å². The molecule has 0 fully saturated rings. The first-order chi connectivity index (χ1) is 6.45. The predicted octanol–water partition coefficient (Wildman–Crippen LogP) is 1.06. The van der Waals surface area contributed by atoms with E-state index in [-0.39, 0.29) is 12.0 Å². The number of aromatic nitrogens is 2. The second kappa shape index (κ2) is 3.85. The molecule has 1 rings (SSSR count). The van der Waals surface area contributed by atoms with Crippen molar-refractivity contribution in [3.8, 4) is 11.8 Å². The van der Waals surface area contributed by atoms with Crippen molar-refractivity contribution in [3.63, 3.8) is 0 Å². The average molecular weight is 192 g/mol. The highest BCUT2D eigenvalue weighted by molar-refractivity contribution is 5.39. The molecule has 0 bridgehead atoms. The van der Waals surface area contributed by atoms with Crippen LogP contribution in [0.25, 0.3) is 0 Å². The standard InChI is InChI=1S/C11H16N2O/c1-11(2,3)10-9(6-5-7-14)8-13(4)12-10/h8,14H,7H2,1-4H3. The molecule has 1 aromatic rings. The molecule has 0 saturated heterocycles. The number of aliphatic hydroxyl groups is 1. The lowest BCUT2D eigenvalue weighted by Gasteiger charge is -2.15. The van der Waals surface area contributed by atoms with E-state index in [4.69, 9.17) is 5.11 Å². The van der Waals surface area contributed by atoms with Crippen molar-refractivity contribution in [2.75, 3.05) is 6.61 Å². The van der Waals surface area contributed by atoms with Gasteiger partial charge in [-0.2, -0.15) is 5.10 Å². The quantitative estimate of drug-likeness (QED) is 0.624. The van der Waals surface area contributed by atoms with Crippen LogP contribution in [0.5, 0.6) is 0 Å². The summed E-state index contributed by atoms with van der Waals surface area (Å²) in [5, 5.41) is 13.0. The van der Waals surface area contributed by atoms with E-state index in [0.29, 0.717) is 0 Å². The lowest BCUT2D eigenvalue weighted by atomic mass is 9.90. The maximum absolute atomic E-state index is 8.63. The molecule has 0 aliphatic heterocycles. The van der Waals surface area contributed by atoms with Crippen LogP contribution in [0.2, 0.25) is 0 Å². The summed E-state index contributed by atoms with van der Waals surface area (Å²) in [6, 6.07) is 0. The first kappa shape index (κ1) is 10.8. The van der Waals surface area contributed by atoms with Gasteiger partial charge in [0, 0.05) is 18.7 Å². The van der Waals surface area contributed by atoms with E-state index in [9.17, 15) is 0 Å². The highest BCUT2D eigenvalue weighted by Crippen LogP contribution is 2.23. The fourth-order valence-electron chi connectivity index (χ4n) is 1.27. The third kappa shape index (κ3) is 2.36. The number of nitrogens with zero attached hydrogens (tertiary/aromatic N) is 2. The van der Waals surface area contributed by atoms with Crippen LogP contribution in [0.1, 0.15) is 32.0 Å². The minimum atomic E-state index is -0.113. The Balaban J connectivity index is 3.16. The number of rotatable bonds is 0. The number of aliphatic hydroxyl groups excluding tert-OH is 1. The SMILES string of the molecule is Cn1cc(C#CCO)c(C(C)(C)C)n1. The second-order valence-corrected chi connectivity index (χ2v) is 4.27. The van der Waals surface area contributed by atoms with E-state index in [1.807, 2.05) is 13.2 Å². The van der Waals surface area contributed by atoms with Crippen LogP contribution < -0.4 is 0 Å². The van der Waals surface area contributed by atoms with Gasteiger partial charge < -0.3 is 5.11 Å². The van der Waals surface area contributed by atoms with Crippen LogP contribution in [-0.2, 0) is 12.5 Å². The van der Waals surface area contributed by atoms with Crippen LogP contribution in [-0.4, -0.2) is 21.5 Å². The molecular formula is C11H16N2O. The van der Waals surface area contributed by atoms with Crippen LogP contribution >= 0.6 is 0 Å². The van der Waals surface area contributed by atoms with E-state index >= 15 is 0 Å². The summed E-state index contributed by atoms with van der Waals surface area (Å²) in [6.07, 6.45) is 1.88. The van der Waals surface area contributed by atoms with Gasteiger partial charge in [-0.25, -0.2) is 0 Å². The molecule has 0 saturated carbocycles. The monoisotopic (exact) mass is 192 g/mol. The summed E-state index contributed by atoms with van der Waals surface area (Å²) in [5.74, 6) is 5.55. The van der Waals surface area contributed by atoms with Gasteiger partial charge in [0.2, 0.25) is 0 Å². The fraction of sp³-hybridized carbons (Fsp3) is 0.545. The summed E-state index contributed by atoms with van der Waals surface area (Å²) in [5.41, 5.74) is 1.86. The first-order valence-electron chi connectivity index (χ1n) is 4.59. The fourth-order valence-corrected chi connectivity index (χ4v) is 1.27. The van der Waals surface area contributed by atoms with E-state index in [1.54, 1.807) is 4.68 Å². The molecule has 0 spiro atoms. The second-order valence-electron chi connectivity index (χ2n) is 4.27. The van der Waals surface area contributed by atoms with Gasteiger partial charge in [-0.3, -0.25) is 4.68 Å². The maximum Gasteiger partial charge on any atom is 0.104 e. The van der Waals surface area contributed by atoms with Crippen molar-refractivity contribution in [1.29, 1.82) is 0 Å². The predicted molar refractivity (Wildman–Crippen MR) is 55.9 cm³/mol. The van der Waals surface area contributed by atoms with Gasteiger partial charge in [0.15, 0.2) is 0 Å². The largest absolute Gasteiger partial charge is 0.384 e. The molecule has 0 atom stereocenters. The van der Waals surface area contributed by atoms with E-state index in [0.717, 1.165) is 11.3 Å². The summed E-state index contributed by atoms with van der Waals surface area (Å²) in [6.45, 7) is 6.18. The van der Waals surface area contributed by atoms with Crippen molar-refractivity contribution in [3.05, 3.63) is 17.5 Å². The third-order valence-corrected chi connectivity index (χ3v) is 1.84. The zero-order valence-corrected chi connectivity index (χ0v) is 9.13. The molecule has 3 heteroatoms. The highest BCUT2D eigenvalue weighted by atomic mass is 16.2. The summed E-state index contributed by atoms with van der Waals surface area (Å²) in [4.78, 5) is 0. The number of aryl methyl sites for hydroxylation is 1. The van der Waals surface area contributed by atoms with Crippen LogP contribution in [0, 0.1) is 11.8 Å². The minimum Gasteiger partial charge on any atom is -0.384 e. The Morgan fingerprint density at radius 1 is 1.50 bits per heavy atom. The zero-order valence-electron chi connectivity index (χ0n) is 9.13. The Bertz CT molecular complexity index is 374. The average Bonchev–Trinajstić information content (AvgIpc) is 2.42. The minimum absolute atomic E-state index is 0.0132. The zero-order chi connectivity index (χ0) is 10.8. The van der Waals surface area contributed by atoms with Crippen LogP contribution in [0.4, 0.5) is 0 Å². The van der Waals surface area contributed by atoms with E-state index < -0.39 is 0 Å². The molecule has 0 aromatic carbocycles. The number of hydrogen-bond donors (Lipinski definition) is 1. The maximum atomic E-state index is 8.63. The Morgan fingerprint density at radius 2 is 2.14 bits per heavy atom. The van der Waals surface area contributed by atoms with Crippen molar-refractivity contribution in [1.82, 2.24) is 9.78 Å². The van der Waals surface area contributed by atoms with Gasteiger partial charge in [-0.1, -0.05) is 32.6 Å². The van der Waals surface area contributed by atoms with Gasteiger partial charge >= 0.3 is 0 Å². The molecule has 14 heavy (non-hydrogen) atoms. The Hall–Kier alpha value is -1.27. The Labute approximate surface area is 84.8 Å².